The summed E-state index contributed by atoms with van der Waals surface area (Å²) in [6.45, 7) is 0. The third-order valence-electron chi connectivity index (χ3n) is 3.10. The van der Waals surface area contributed by atoms with E-state index in [1.165, 1.54) is 17.8 Å². The highest BCUT2D eigenvalue weighted by Crippen LogP contribution is 2.34. The standard InChI is InChI=1S/C16H12O4S/c17-13-5-6-16(12-4-2-1-3-11(12)13)21-9-10-7-14(18)15(19)8-20-10/h1-8,17,19H,9H2. The van der Waals surface area contributed by atoms with Crippen molar-refractivity contribution in [3.8, 4) is 11.5 Å². The quantitative estimate of drug-likeness (QED) is 0.724. The zero-order chi connectivity index (χ0) is 14.8. The molecular formula is C16H12O4S. The molecule has 0 unspecified atom stereocenters. The van der Waals surface area contributed by atoms with Crippen LogP contribution in [0.5, 0.6) is 11.5 Å². The van der Waals surface area contributed by atoms with Gasteiger partial charge in [0.05, 0.1) is 5.75 Å². The molecule has 0 aliphatic heterocycles. The SMILES string of the molecule is O=c1cc(CSc2ccc(O)c3ccccc23)occ1O. The molecule has 0 fully saturated rings. The molecule has 0 saturated heterocycles. The lowest BCUT2D eigenvalue weighted by Crippen LogP contribution is -1.99. The first kappa shape index (κ1) is 13.6. The molecule has 0 atom stereocenters. The summed E-state index contributed by atoms with van der Waals surface area (Å²) in [4.78, 5) is 12.3. The van der Waals surface area contributed by atoms with Gasteiger partial charge in [-0.1, -0.05) is 24.3 Å². The zero-order valence-corrected chi connectivity index (χ0v) is 11.8. The fraction of sp³-hybridized carbons (Fsp3) is 0.0625. The molecule has 0 radical (unpaired) electrons. The van der Waals surface area contributed by atoms with Gasteiger partial charge < -0.3 is 14.6 Å². The molecule has 3 aromatic rings. The number of fused-ring (bicyclic) bond motifs is 1. The summed E-state index contributed by atoms with van der Waals surface area (Å²) in [5, 5.41) is 20.7. The number of aromatic hydroxyl groups is 2. The lowest BCUT2D eigenvalue weighted by Gasteiger charge is -2.07. The molecule has 5 heteroatoms. The average Bonchev–Trinajstić information content (AvgIpc) is 2.50. The first-order valence-corrected chi connectivity index (χ1v) is 7.28. The van der Waals surface area contributed by atoms with Gasteiger partial charge in [0.2, 0.25) is 5.43 Å². The van der Waals surface area contributed by atoms with Gasteiger partial charge in [-0.2, -0.15) is 0 Å². The van der Waals surface area contributed by atoms with Crippen molar-refractivity contribution in [1.29, 1.82) is 0 Å². The van der Waals surface area contributed by atoms with Crippen molar-refractivity contribution < 1.29 is 14.6 Å². The first-order valence-electron chi connectivity index (χ1n) is 6.29. The molecule has 1 aromatic heterocycles. The summed E-state index contributed by atoms with van der Waals surface area (Å²) in [7, 11) is 0. The van der Waals surface area contributed by atoms with Crippen molar-refractivity contribution in [2.45, 2.75) is 10.6 Å². The third-order valence-corrected chi connectivity index (χ3v) is 4.19. The largest absolute Gasteiger partial charge is 0.507 e. The number of rotatable bonds is 3. The van der Waals surface area contributed by atoms with Crippen LogP contribution in [0, 0.1) is 0 Å². The van der Waals surface area contributed by atoms with Crippen LogP contribution >= 0.6 is 11.8 Å². The van der Waals surface area contributed by atoms with E-state index in [4.69, 9.17) is 9.52 Å². The predicted molar refractivity (Wildman–Crippen MR) is 81.8 cm³/mol. The van der Waals surface area contributed by atoms with Gasteiger partial charge in [0.1, 0.15) is 17.8 Å². The van der Waals surface area contributed by atoms with E-state index in [0.717, 1.165) is 21.9 Å². The molecule has 1 heterocycles. The molecule has 0 saturated carbocycles. The first-order chi connectivity index (χ1) is 10.1. The smallest absolute Gasteiger partial charge is 0.226 e. The van der Waals surface area contributed by atoms with Gasteiger partial charge >= 0.3 is 0 Å². The molecule has 0 bridgehead atoms. The van der Waals surface area contributed by atoms with Gasteiger partial charge in [0, 0.05) is 16.3 Å². The van der Waals surface area contributed by atoms with Crippen LogP contribution in [-0.4, -0.2) is 10.2 Å². The Morgan fingerprint density at radius 2 is 1.76 bits per heavy atom. The van der Waals surface area contributed by atoms with Crippen LogP contribution in [0.25, 0.3) is 10.8 Å². The van der Waals surface area contributed by atoms with Crippen molar-refractivity contribution in [2.75, 3.05) is 0 Å². The van der Waals surface area contributed by atoms with E-state index in [9.17, 15) is 9.90 Å². The molecule has 2 N–H and O–H groups in total. The van der Waals surface area contributed by atoms with Gasteiger partial charge in [0.25, 0.3) is 0 Å². The van der Waals surface area contributed by atoms with Gasteiger partial charge in [-0.15, -0.1) is 11.8 Å². The van der Waals surface area contributed by atoms with E-state index in [0.29, 0.717) is 11.5 Å². The van der Waals surface area contributed by atoms with Crippen LogP contribution in [0.3, 0.4) is 0 Å². The van der Waals surface area contributed by atoms with Gasteiger partial charge in [-0.05, 0) is 17.5 Å². The Labute approximate surface area is 124 Å². The molecule has 106 valence electrons. The number of phenols is 1. The summed E-state index contributed by atoms with van der Waals surface area (Å²) in [5.74, 6) is 0.800. The lowest BCUT2D eigenvalue weighted by molar-refractivity contribution is 0.419. The minimum absolute atomic E-state index is 0.242. The molecule has 0 spiro atoms. The summed E-state index contributed by atoms with van der Waals surface area (Å²) in [5.41, 5.74) is -0.451. The molecule has 21 heavy (non-hydrogen) atoms. The highest BCUT2D eigenvalue weighted by molar-refractivity contribution is 7.98. The minimum atomic E-state index is -0.451. The summed E-state index contributed by atoms with van der Waals surface area (Å²) < 4.78 is 5.18. The highest BCUT2D eigenvalue weighted by Gasteiger charge is 2.07. The maximum Gasteiger partial charge on any atom is 0.226 e. The fourth-order valence-electron chi connectivity index (χ4n) is 2.05. The summed E-state index contributed by atoms with van der Waals surface area (Å²) >= 11 is 1.50. The molecule has 2 aromatic carbocycles. The third kappa shape index (κ3) is 2.73. The van der Waals surface area contributed by atoms with Gasteiger partial charge in [0.15, 0.2) is 5.75 Å². The van der Waals surface area contributed by atoms with Crippen molar-refractivity contribution in [3.63, 3.8) is 0 Å². The number of thioether (sulfide) groups is 1. The summed E-state index contributed by atoms with van der Waals surface area (Å²) in [6, 6.07) is 12.3. The van der Waals surface area contributed by atoms with E-state index in [1.54, 1.807) is 6.07 Å². The minimum Gasteiger partial charge on any atom is -0.507 e. The molecule has 3 rings (SSSR count). The molecular weight excluding hydrogens is 288 g/mol. The Morgan fingerprint density at radius 1 is 1.00 bits per heavy atom. The van der Waals surface area contributed by atoms with E-state index < -0.39 is 5.43 Å². The van der Waals surface area contributed by atoms with E-state index >= 15 is 0 Å². The molecule has 0 aliphatic rings. The molecule has 0 amide bonds. The second kappa shape index (κ2) is 5.54. The van der Waals surface area contributed by atoms with Gasteiger partial charge in [-0.25, -0.2) is 0 Å². The molecule has 4 nitrogen and oxygen atoms in total. The lowest BCUT2D eigenvalue weighted by atomic mass is 10.1. The van der Waals surface area contributed by atoms with Crippen molar-refractivity contribution in [3.05, 3.63) is 64.7 Å². The maximum absolute atomic E-state index is 11.4. The Kier molecular flexibility index (Phi) is 3.58. The number of hydrogen-bond acceptors (Lipinski definition) is 5. The number of benzene rings is 2. The normalized spacial score (nSPS) is 10.9. The van der Waals surface area contributed by atoms with Crippen LogP contribution in [0.2, 0.25) is 0 Å². The van der Waals surface area contributed by atoms with Crippen molar-refractivity contribution in [1.82, 2.24) is 0 Å². The van der Waals surface area contributed by atoms with Crippen molar-refractivity contribution in [2.24, 2.45) is 0 Å². The van der Waals surface area contributed by atoms with Crippen LogP contribution in [0.1, 0.15) is 5.76 Å². The Morgan fingerprint density at radius 3 is 2.52 bits per heavy atom. The predicted octanol–water partition coefficient (Wildman–Crippen LogP) is 3.50. The van der Waals surface area contributed by atoms with E-state index in [-0.39, 0.29) is 11.5 Å². The maximum atomic E-state index is 11.4. The Balaban J connectivity index is 1.90. The monoisotopic (exact) mass is 300 g/mol. The van der Waals surface area contributed by atoms with Crippen LogP contribution < -0.4 is 5.43 Å². The highest BCUT2D eigenvalue weighted by atomic mass is 32.2. The Hall–Kier alpha value is -2.40. The average molecular weight is 300 g/mol. The zero-order valence-electron chi connectivity index (χ0n) is 10.9. The van der Waals surface area contributed by atoms with Gasteiger partial charge in [-0.3, -0.25) is 4.79 Å². The van der Waals surface area contributed by atoms with Crippen molar-refractivity contribution >= 4 is 22.5 Å². The van der Waals surface area contributed by atoms with E-state index in [1.807, 2.05) is 30.3 Å². The fourth-order valence-corrected chi connectivity index (χ4v) is 3.00. The topological polar surface area (TPSA) is 70.7 Å². The summed E-state index contributed by atoms with van der Waals surface area (Å²) in [6.07, 6.45) is 1.05. The van der Waals surface area contributed by atoms with Crippen LogP contribution in [0.15, 0.2) is 62.8 Å². The molecule has 0 aliphatic carbocycles. The van der Waals surface area contributed by atoms with Crippen LogP contribution in [0.4, 0.5) is 0 Å². The van der Waals surface area contributed by atoms with Crippen LogP contribution in [-0.2, 0) is 5.75 Å². The Bertz CT molecular complexity index is 854. The van der Waals surface area contributed by atoms with E-state index in [2.05, 4.69) is 0 Å². The second-order valence-corrected chi connectivity index (χ2v) is 5.53. The number of hydrogen-bond donors (Lipinski definition) is 2. The number of phenolic OH excluding ortho intramolecular Hbond substituents is 1. The second-order valence-electron chi connectivity index (χ2n) is 4.51.